The lowest BCUT2D eigenvalue weighted by atomic mass is 10.2. The van der Waals surface area contributed by atoms with Crippen molar-refractivity contribution in [1.29, 1.82) is 0 Å². The third-order valence-corrected chi connectivity index (χ3v) is 2.63. The molecule has 0 amide bonds. The lowest BCUT2D eigenvalue weighted by Gasteiger charge is -2.02. The largest absolute Gasteiger partial charge is 0.391 e. The molecule has 0 N–H and O–H groups in total. The van der Waals surface area contributed by atoms with Crippen LogP contribution in [0.1, 0.15) is 18.2 Å². The second-order valence-corrected chi connectivity index (χ2v) is 4.23. The Labute approximate surface area is 111 Å². The van der Waals surface area contributed by atoms with E-state index in [4.69, 9.17) is 16.4 Å². The van der Waals surface area contributed by atoms with E-state index in [0.29, 0.717) is 11.6 Å². The molecule has 2 rings (SSSR count). The van der Waals surface area contributed by atoms with Crippen molar-refractivity contribution < 1.29 is 4.84 Å². The van der Waals surface area contributed by atoms with E-state index in [1.807, 2.05) is 49.4 Å². The third-order valence-electron chi connectivity index (χ3n) is 2.38. The minimum absolute atomic E-state index is 0.418. The summed E-state index contributed by atoms with van der Waals surface area (Å²) in [5.74, 6) is 0. The van der Waals surface area contributed by atoms with E-state index in [9.17, 15) is 0 Å². The third kappa shape index (κ3) is 3.57. The summed E-state index contributed by atoms with van der Waals surface area (Å²) in [7, 11) is 0. The van der Waals surface area contributed by atoms with Gasteiger partial charge in [0.1, 0.15) is 12.3 Å². The first kappa shape index (κ1) is 12.6. The van der Waals surface area contributed by atoms with Crippen LogP contribution in [-0.4, -0.2) is 10.7 Å². The molecule has 3 nitrogen and oxygen atoms in total. The van der Waals surface area contributed by atoms with Crippen molar-refractivity contribution in [3.63, 3.8) is 0 Å². The Morgan fingerprint density at radius 1 is 1.22 bits per heavy atom. The van der Waals surface area contributed by atoms with Crippen LogP contribution in [0.3, 0.4) is 0 Å². The quantitative estimate of drug-likeness (QED) is 0.621. The summed E-state index contributed by atoms with van der Waals surface area (Å²) in [4.78, 5) is 9.47. The van der Waals surface area contributed by atoms with Gasteiger partial charge in [-0.1, -0.05) is 35.0 Å². The van der Waals surface area contributed by atoms with Gasteiger partial charge >= 0.3 is 0 Å². The van der Waals surface area contributed by atoms with Crippen LogP contribution in [0, 0.1) is 0 Å². The number of oxime groups is 1. The number of pyridine rings is 1. The van der Waals surface area contributed by atoms with Gasteiger partial charge in [0.15, 0.2) is 0 Å². The molecular formula is C14H13ClN2O. The van der Waals surface area contributed by atoms with Crippen molar-refractivity contribution in [3.8, 4) is 0 Å². The molecule has 0 radical (unpaired) electrons. The zero-order chi connectivity index (χ0) is 12.8. The molecule has 0 spiro atoms. The zero-order valence-electron chi connectivity index (χ0n) is 10.0. The molecule has 0 fully saturated rings. The molecule has 18 heavy (non-hydrogen) atoms. The fourth-order valence-electron chi connectivity index (χ4n) is 1.41. The smallest absolute Gasteiger partial charge is 0.142 e. The highest BCUT2D eigenvalue weighted by atomic mass is 35.5. The van der Waals surface area contributed by atoms with Gasteiger partial charge in [0.05, 0.1) is 5.69 Å². The van der Waals surface area contributed by atoms with Gasteiger partial charge in [0, 0.05) is 11.2 Å². The highest BCUT2D eigenvalue weighted by Crippen LogP contribution is 2.10. The van der Waals surface area contributed by atoms with Crippen molar-refractivity contribution in [2.45, 2.75) is 13.5 Å². The Morgan fingerprint density at radius 2 is 2.00 bits per heavy atom. The standard InChI is InChI=1S/C14H13ClN2O/c1-11(14-4-2-3-9-16-14)17-18-10-12-5-7-13(15)8-6-12/h2-9H,10H2,1H3. The van der Waals surface area contributed by atoms with Crippen LogP contribution < -0.4 is 0 Å². The molecule has 0 aliphatic carbocycles. The van der Waals surface area contributed by atoms with E-state index >= 15 is 0 Å². The van der Waals surface area contributed by atoms with E-state index in [1.54, 1.807) is 6.20 Å². The molecule has 0 unspecified atom stereocenters. The van der Waals surface area contributed by atoms with Crippen LogP contribution in [-0.2, 0) is 11.4 Å². The number of halogens is 1. The monoisotopic (exact) mass is 260 g/mol. The predicted octanol–water partition coefficient (Wildman–Crippen LogP) is 3.68. The fourth-order valence-corrected chi connectivity index (χ4v) is 1.53. The molecule has 4 heteroatoms. The Balaban J connectivity index is 1.93. The molecule has 0 atom stereocenters. The van der Waals surface area contributed by atoms with Gasteiger partial charge in [-0.25, -0.2) is 0 Å². The number of hydrogen-bond acceptors (Lipinski definition) is 3. The first-order valence-corrected chi connectivity index (χ1v) is 5.96. The van der Waals surface area contributed by atoms with Crippen LogP contribution >= 0.6 is 11.6 Å². The molecular weight excluding hydrogens is 248 g/mol. The highest BCUT2D eigenvalue weighted by Gasteiger charge is 1.98. The second-order valence-electron chi connectivity index (χ2n) is 3.79. The summed E-state index contributed by atoms with van der Waals surface area (Å²) in [5, 5.41) is 4.75. The summed E-state index contributed by atoms with van der Waals surface area (Å²) in [6.45, 7) is 2.28. The van der Waals surface area contributed by atoms with Gasteiger partial charge in [0.2, 0.25) is 0 Å². The molecule has 0 aliphatic rings. The van der Waals surface area contributed by atoms with Gasteiger partial charge < -0.3 is 4.84 Å². The van der Waals surface area contributed by atoms with Gasteiger partial charge in [-0.3, -0.25) is 4.98 Å². The van der Waals surface area contributed by atoms with Crippen LogP contribution in [0.15, 0.2) is 53.8 Å². The van der Waals surface area contributed by atoms with Crippen molar-refractivity contribution >= 4 is 17.3 Å². The molecule has 0 bridgehead atoms. The van der Waals surface area contributed by atoms with Crippen molar-refractivity contribution in [2.75, 3.05) is 0 Å². The summed E-state index contributed by atoms with van der Waals surface area (Å²) < 4.78 is 0. The Kier molecular flexibility index (Phi) is 4.31. The average Bonchev–Trinajstić information content (AvgIpc) is 2.42. The van der Waals surface area contributed by atoms with Gasteiger partial charge in [0.25, 0.3) is 0 Å². The molecule has 0 saturated heterocycles. The normalized spacial score (nSPS) is 11.3. The summed E-state index contributed by atoms with van der Waals surface area (Å²) in [5.41, 5.74) is 2.59. The van der Waals surface area contributed by atoms with Gasteiger partial charge in [-0.05, 0) is 36.8 Å². The molecule has 1 aromatic carbocycles. The Bertz CT molecular complexity index is 523. The summed E-state index contributed by atoms with van der Waals surface area (Å²) in [6, 6.07) is 13.2. The van der Waals surface area contributed by atoms with Crippen LogP contribution in [0.25, 0.3) is 0 Å². The average molecular weight is 261 g/mol. The molecule has 1 heterocycles. The number of hydrogen-bond donors (Lipinski definition) is 0. The molecule has 2 aromatic rings. The van der Waals surface area contributed by atoms with Crippen LogP contribution in [0.5, 0.6) is 0 Å². The lowest BCUT2D eigenvalue weighted by Crippen LogP contribution is -1.99. The van der Waals surface area contributed by atoms with Crippen molar-refractivity contribution in [3.05, 3.63) is 64.9 Å². The number of nitrogens with zero attached hydrogens (tertiary/aromatic N) is 2. The molecule has 1 aromatic heterocycles. The molecule has 0 saturated carbocycles. The first-order chi connectivity index (χ1) is 8.75. The summed E-state index contributed by atoms with van der Waals surface area (Å²) in [6.07, 6.45) is 1.73. The van der Waals surface area contributed by atoms with Crippen molar-refractivity contribution in [2.24, 2.45) is 5.16 Å². The Morgan fingerprint density at radius 3 is 2.67 bits per heavy atom. The molecule has 0 aliphatic heterocycles. The topological polar surface area (TPSA) is 34.5 Å². The minimum Gasteiger partial charge on any atom is -0.391 e. The SMILES string of the molecule is CC(=NOCc1ccc(Cl)cc1)c1ccccn1. The summed E-state index contributed by atoms with van der Waals surface area (Å²) >= 11 is 5.80. The van der Waals surface area contributed by atoms with Crippen LogP contribution in [0.4, 0.5) is 0 Å². The maximum Gasteiger partial charge on any atom is 0.142 e. The fraction of sp³-hybridized carbons (Fsp3) is 0.143. The van der Waals surface area contributed by atoms with E-state index in [0.717, 1.165) is 17.0 Å². The van der Waals surface area contributed by atoms with Gasteiger partial charge in [-0.15, -0.1) is 0 Å². The van der Waals surface area contributed by atoms with E-state index in [-0.39, 0.29) is 0 Å². The Hall–Kier alpha value is -1.87. The number of aromatic nitrogens is 1. The number of benzene rings is 1. The van der Waals surface area contributed by atoms with Crippen LogP contribution in [0.2, 0.25) is 5.02 Å². The number of rotatable bonds is 4. The first-order valence-electron chi connectivity index (χ1n) is 5.58. The van der Waals surface area contributed by atoms with E-state index in [2.05, 4.69) is 10.1 Å². The minimum atomic E-state index is 0.418. The second kappa shape index (κ2) is 6.17. The predicted molar refractivity (Wildman–Crippen MR) is 72.7 cm³/mol. The zero-order valence-corrected chi connectivity index (χ0v) is 10.8. The molecule has 92 valence electrons. The van der Waals surface area contributed by atoms with Crippen molar-refractivity contribution in [1.82, 2.24) is 4.98 Å². The van der Waals surface area contributed by atoms with E-state index < -0.39 is 0 Å². The maximum absolute atomic E-state index is 5.80. The highest BCUT2D eigenvalue weighted by molar-refractivity contribution is 6.30. The van der Waals surface area contributed by atoms with Gasteiger partial charge in [-0.2, -0.15) is 0 Å². The maximum atomic E-state index is 5.80. The lowest BCUT2D eigenvalue weighted by molar-refractivity contribution is 0.130. The van der Waals surface area contributed by atoms with E-state index in [1.165, 1.54) is 0 Å².